The lowest BCUT2D eigenvalue weighted by molar-refractivity contribution is 0.125. The quantitative estimate of drug-likeness (QED) is 0.354. The summed E-state index contributed by atoms with van der Waals surface area (Å²) in [5.41, 5.74) is 4.03. The van der Waals surface area contributed by atoms with Crippen molar-refractivity contribution in [1.29, 1.82) is 0 Å². The average Bonchev–Trinajstić information content (AvgIpc) is 3.24. The van der Waals surface area contributed by atoms with Crippen LogP contribution in [0.15, 0.2) is 46.3 Å². The smallest absolute Gasteiger partial charge is 0.262 e. The van der Waals surface area contributed by atoms with Gasteiger partial charge in [-0.15, -0.1) is 10.2 Å². The van der Waals surface area contributed by atoms with Crippen molar-refractivity contribution in [2.24, 2.45) is 5.92 Å². The molecule has 0 bridgehead atoms. The minimum Gasteiger partial charge on any atom is -0.490 e. The fourth-order valence-electron chi connectivity index (χ4n) is 3.96. The van der Waals surface area contributed by atoms with Crippen molar-refractivity contribution >= 4 is 28.4 Å². The predicted molar refractivity (Wildman–Crippen MR) is 137 cm³/mol. The lowest BCUT2D eigenvalue weighted by Gasteiger charge is -2.16. The molecule has 4 aromatic rings. The number of aromatic nitrogens is 4. The average molecular weight is 481 g/mol. The number of benzene rings is 2. The third-order valence-corrected chi connectivity index (χ3v) is 7.18. The molecule has 0 saturated carbocycles. The second-order valence-electron chi connectivity index (χ2n) is 9.20. The number of rotatable bonds is 9. The molecule has 0 aliphatic rings. The monoisotopic (exact) mass is 480 g/mol. The van der Waals surface area contributed by atoms with Gasteiger partial charge in [-0.3, -0.25) is 13.8 Å². The van der Waals surface area contributed by atoms with Crippen LogP contribution in [0.25, 0.3) is 16.7 Å². The molecular formula is C26H32N4O3S. The van der Waals surface area contributed by atoms with Gasteiger partial charge in [0.2, 0.25) is 5.78 Å². The van der Waals surface area contributed by atoms with E-state index >= 15 is 0 Å². The summed E-state index contributed by atoms with van der Waals surface area (Å²) in [6.45, 7) is 11.1. The van der Waals surface area contributed by atoms with Gasteiger partial charge in [-0.05, 0) is 61.9 Å². The molecule has 0 radical (unpaired) electrons. The van der Waals surface area contributed by atoms with Crippen LogP contribution >= 0.6 is 11.8 Å². The van der Waals surface area contributed by atoms with Gasteiger partial charge in [-0.25, -0.2) is 0 Å². The summed E-state index contributed by atoms with van der Waals surface area (Å²) in [6.07, 6.45) is 0.187. The van der Waals surface area contributed by atoms with Crippen LogP contribution in [0, 0.1) is 26.7 Å². The van der Waals surface area contributed by atoms with Crippen LogP contribution < -0.4 is 10.3 Å². The van der Waals surface area contributed by atoms with E-state index in [9.17, 15) is 9.90 Å². The van der Waals surface area contributed by atoms with Crippen molar-refractivity contribution < 1.29 is 9.84 Å². The summed E-state index contributed by atoms with van der Waals surface area (Å²) < 4.78 is 9.61. The number of aryl methyl sites for hydroxylation is 3. The van der Waals surface area contributed by atoms with Gasteiger partial charge in [0.1, 0.15) is 12.4 Å². The first-order valence-corrected chi connectivity index (χ1v) is 12.6. The van der Waals surface area contributed by atoms with Crippen molar-refractivity contribution in [2.45, 2.75) is 58.8 Å². The highest BCUT2D eigenvalue weighted by Gasteiger charge is 2.18. The standard InChI is InChI=1S/C26H32N4O3S/c1-16(2)12-13-29-24(32)21-8-6-7-9-22(21)30-25(29)27-28-26(30)34-15-20(31)14-33-23-18(4)11-10-17(3)19(23)5/h6-11,16,20,31H,12-15H2,1-5H3. The number of nitrogens with zero attached hydrogens (tertiary/aromatic N) is 4. The third kappa shape index (κ3) is 4.83. The highest BCUT2D eigenvalue weighted by molar-refractivity contribution is 7.99. The highest BCUT2D eigenvalue weighted by Crippen LogP contribution is 2.27. The SMILES string of the molecule is Cc1ccc(C)c(OCC(O)CSc2nnc3n(CCC(C)C)c(=O)c4ccccc4n23)c1C. The maximum Gasteiger partial charge on any atom is 0.262 e. The summed E-state index contributed by atoms with van der Waals surface area (Å²) in [6, 6.07) is 11.6. The lowest BCUT2D eigenvalue weighted by Crippen LogP contribution is -2.24. The number of aliphatic hydroxyl groups is 1. The molecule has 1 atom stereocenters. The molecule has 180 valence electrons. The molecule has 2 heterocycles. The molecule has 4 rings (SSSR count). The van der Waals surface area contributed by atoms with Gasteiger partial charge in [-0.2, -0.15) is 0 Å². The first-order valence-electron chi connectivity index (χ1n) is 11.6. The molecule has 0 aliphatic heterocycles. The molecule has 7 nitrogen and oxygen atoms in total. The molecule has 0 amide bonds. The molecule has 0 saturated heterocycles. The summed E-state index contributed by atoms with van der Waals surface area (Å²) in [4.78, 5) is 13.1. The van der Waals surface area contributed by atoms with Gasteiger partial charge in [0.25, 0.3) is 5.56 Å². The fraction of sp³-hybridized carbons (Fsp3) is 0.423. The van der Waals surface area contributed by atoms with Crippen LogP contribution in [0.4, 0.5) is 0 Å². The second kappa shape index (κ2) is 10.2. The number of hydrogen-bond donors (Lipinski definition) is 1. The van der Waals surface area contributed by atoms with Crippen molar-refractivity contribution in [3.8, 4) is 5.75 Å². The second-order valence-corrected chi connectivity index (χ2v) is 10.2. The molecule has 2 aromatic carbocycles. The maximum atomic E-state index is 13.1. The topological polar surface area (TPSA) is 81.7 Å². The number of para-hydroxylation sites is 1. The van der Waals surface area contributed by atoms with E-state index in [1.807, 2.05) is 48.6 Å². The summed E-state index contributed by atoms with van der Waals surface area (Å²) in [5.74, 6) is 2.22. The first-order chi connectivity index (χ1) is 16.3. The van der Waals surface area contributed by atoms with E-state index in [1.165, 1.54) is 11.8 Å². The highest BCUT2D eigenvalue weighted by atomic mass is 32.2. The van der Waals surface area contributed by atoms with Crippen LogP contribution in [-0.4, -0.2) is 42.7 Å². The summed E-state index contributed by atoms with van der Waals surface area (Å²) in [7, 11) is 0. The maximum absolute atomic E-state index is 13.1. The number of thioether (sulfide) groups is 1. The molecule has 2 aromatic heterocycles. The molecule has 8 heteroatoms. The van der Waals surface area contributed by atoms with E-state index in [0.29, 0.717) is 34.5 Å². The largest absolute Gasteiger partial charge is 0.490 e. The molecule has 0 spiro atoms. The van der Waals surface area contributed by atoms with E-state index in [0.717, 1.165) is 34.4 Å². The zero-order chi connectivity index (χ0) is 24.4. The van der Waals surface area contributed by atoms with Crippen LogP contribution in [0.1, 0.15) is 37.0 Å². The number of fused-ring (bicyclic) bond motifs is 3. The van der Waals surface area contributed by atoms with Gasteiger partial charge >= 0.3 is 0 Å². The minimum atomic E-state index is -0.685. The Kier molecular flexibility index (Phi) is 7.28. The Hall–Kier alpha value is -2.84. The van der Waals surface area contributed by atoms with Crippen LogP contribution in [0.3, 0.4) is 0 Å². The number of ether oxygens (including phenoxy) is 1. The van der Waals surface area contributed by atoms with E-state index in [4.69, 9.17) is 4.74 Å². The van der Waals surface area contributed by atoms with Crippen molar-refractivity contribution in [2.75, 3.05) is 12.4 Å². The van der Waals surface area contributed by atoms with Gasteiger partial charge in [0.05, 0.1) is 17.0 Å². The van der Waals surface area contributed by atoms with Crippen molar-refractivity contribution in [3.63, 3.8) is 0 Å². The number of hydrogen-bond acceptors (Lipinski definition) is 6. The Bertz CT molecular complexity index is 1380. The van der Waals surface area contributed by atoms with Crippen LogP contribution in [-0.2, 0) is 6.54 Å². The Balaban J connectivity index is 1.57. The lowest BCUT2D eigenvalue weighted by atomic mass is 10.1. The van der Waals surface area contributed by atoms with Crippen molar-refractivity contribution in [1.82, 2.24) is 19.2 Å². The van der Waals surface area contributed by atoms with Gasteiger partial charge in [-0.1, -0.05) is 49.9 Å². The molecule has 1 unspecified atom stereocenters. The summed E-state index contributed by atoms with van der Waals surface area (Å²) >= 11 is 1.41. The normalized spacial score (nSPS) is 12.7. The molecule has 0 aliphatic carbocycles. The van der Waals surface area contributed by atoms with Gasteiger partial charge in [0.15, 0.2) is 5.16 Å². The molecular weight excluding hydrogens is 448 g/mol. The van der Waals surface area contributed by atoms with E-state index in [-0.39, 0.29) is 12.2 Å². The van der Waals surface area contributed by atoms with E-state index in [2.05, 4.69) is 37.0 Å². The minimum absolute atomic E-state index is 0.0509. The van der Waals surface area contributed by atoms with E-state index < -0.39 is 6.10 Å². The van der Waals surface area contributed by atoms with Crippen molar-refractivity contribution in [3.05, 3.63) is 63.4 Å². The van der Waals surface area contributed by atoms with E-state index in [1.54, 1.807) is 4.57 Å². The zero-order valence-corrected chi connectivity index (χ0v) is 21.2. The molecule has 34 heavy (non-hydrogen) atoms. The predicted octanol–water partition coefficient (Wildman–Crippen LogP) is 4.55. The molecule has 1 N–H and O–H groups in total. The first kappa shape index (κ1) is 24.3. The summed E-state index contributed by atoms with van der Waals surface area (Å²) in [5, 5.41) is 20.6. The Labute approximate surface area is 203 Å². The fourth-order valence-corrected chi connectivity index (χ4v) is 4.81. The van der Waals surface area contributed by atoms with Gasteiger partial charge in [0, 0.05) is 12.3 Å². The Morgan fingerprint density at radius 2 is 1.79 bits per heavy atom. The molecule has 0 fully saturated rings. The van der Waals surface area contributed by atoms with Crippen LogP contribution in [0.2, 0.25) is 0 Å². The number of aliphatic hydroxyl groups excluding tert-OH is 1. The Morgan fingerprint density at radius 3 is 2.56 bits per heavy atom. The third-order valence-electron chi connectivity index (χ3n) is 6.11. The Morgan fingerprint density at radius 1 is 1.06 bits per heavy atom. The van der Waals surface area contributed by atoms with Gasteiger partial charge < -0.3 is 9.84 Å². The zero-order valence-electron chi connectivity index (χ0n) is 20.4. The van der Waals surface area contributed by atoms with Crippen LogP contribution in [0.5, 0.6) is 5.75 Å².